The van der Waals surface area contributed by atoms with Crippen LogP contribution in [0.5, 0.6) is 0 Å². The average Bonchev–Trinajstić information content (AvgIpc) is 2.84. The van der Waals surface area contributed by atoms with Gasteiger partial charge in [0.25, 0.3) is 0 Å². The molecular weight excluding hydrogens is 305 g/mol. The molecule has 1 heterocycles. The van der Waals surface area contributed by atoms with Crippen molar-refractivity contribution in [3.63, 3.8) is 0 Å². The molecule has 2 N–H and O–H groups in total. The number of rotatable bonds is 8. The fourth-order valence-corrected chi connectivity index (χ4v) is 2.80. The maximum atomic E-state index is 11.7. The summed E-state index contributed by atoms with van der Waals surface area (Å²) in [6, 6.07) is 10.2. The van der Waals surface area contributed by atoms with E-state index in [-0.39, 0.29) is 6.09 Å². The van der Waals surface area contributed by atoms with Gasteiger partial charge < -0.3 is 24.8 Å². The number of nitrogens with one attached hydrogen (secondary N) is 2. The van der Waals surface area contributed by atoms with Gasteiger partial charge in [0.15, 0.2) is 0 Å². The van der Waals surface area contributed by atoms with Crippen LogP contribution in [0.25, 0.3) is 0 Å². The first-order chi connectivity index (χ1) is 11.8. The Morgan fingerprint density at radius 3 is 2.92 bits per heavy atom. The van der Waals surface area contributed by atoms with Crippen LogP contribution in [0, 0.1) is 0 Å². The van der Waals surface area contributed by atoms with Crippen LogP contribution in [-0.4, -0.2) is 57.9 Å². The van der Waals surface area contributed by atoms with Gasteiger partial charge in [-0.05, 0) is 44.0 Å². The van der Waals surface area contributed by atoms with Crippen molar-refractivity contribution in [2.45, 2.75) is 31.9 Å². The Labute approximate surface area is 145 Å². The first-order valence-corrected chi connectivity index (χ1v) is 8.55. The molecule has 0 aromatic heterocycles. The largest absolute Gasteiger partial charge is 0.445 e. The normalized spacial score (nSPS) is 18.6. The van der Waals surface area contributed by atoms with Crippen molar-refractivity contribution in [3.05, 3.63) is 35.9 Å². The van der Waals surface area contributed by atoms with E-state index in [0.717, 1.165) is 44.5 Å². The van der Waals surface area contributed by atoms with Crippen molar-refractivity contribution in [3.8, 4) is 0 Å². The molecule has 1 radical (unpaired) electrons. The quantitative estimate of drug-likeness (QED) is 0.707. The van der Waals surface area contributed by atoms with Crippen LogP contribution < -0.4 is 10.5 Å². The van der Waals surface area contributed by atoms with Crippen LogP contribution >= 0.6 is 0 Å². The van der Waals surface area contributed by atoms with Gasteiger partial charge in [-0.25, -0.2) is 4.79 Å². The van der Waals surface area contributed by atoms with Crippen LogP contribution in [0.4, 0.5) is 4.79 Å². The highest BCUT2D eigenvalue weighted by molar-refractivity contribution is 6.23. The number of carbonyl (C=O) groups excluding carboxylic acids is 1. The van der Waals surface area contributed by atoms with E-state index in [1.807, 2.05) is 30.3 Å². The molecule has 7 heteroatoms. The van der Waals surface area contributed by atoms with Crippen molar-refractivity contribution in [1.29, 1.82) is 0 Å². The number of likely N-dealkylation sites (tertiary alicyclic amines) is 1. The molecule has 1 saturated heterocycles. The Hall–Kier alpha value is -1.57. The minimum Gasteiger partial charge on any atom is -0.445 e. The van der Waals surface area contributed by atoms with Gasteiger partial charge in [-0.2, -0.15) is 0 Å². The summed E-state index contributed by atoms with van der Waals surface area (Å²) >= 11 is 0. The molecule has 0 bridgehead atoms. The number of ether oxygens (including phenoxy) is 1. The lowest BCUT2D eigenvalue weighted by Gasteiger charge is -2.20. The van der Waals surface area contributed by atoms with Crippen molar-refractivity contribution >= 4 is 13.7 Å². The molecule has 1 aliphatic heterocycles. The van der Waals surface area contributed by atoms with E-state index in [1.165, 1.54) is 0 Å². The third-order valence-corrected chi connectivity index (χ3v) is 4.15. The molecule has 131 valence electrons. The third-order valence-electron chi connectivity index (χ3n) is 4.15. The molecule has 1 fully saturated rings. The number of benzene rings is 1. The summed E-state index contributed by atoms with van der Waals surface area (Å²) in [5.74, 6) is 0. The van der Waals surface area contributed by atoms with Crippen LogP contribution in [0.1, 0.15) is 24.8 Å². The molecule has 1 aromatic carbocycles. The van der Waals surface area contributed by atoms with Crippen molar-refractivity contribution in [2.75, 3.05) is 33.3 Å². The Balaban J connectivity index is 1.57. The number of amides is 1. The lowest BCUT2D eigenvalue weighted by molar-refractivity contribution is 0.138. The molecule has 6 nitrogen and oxygen atoms in total. The van der Waals surface area contributed by atoms with Gasteiger partial charge in [-0.1, -0.05) is 30.3 Å². The lowest BCUT2D eigenvalue weighted by Crippen LogP contribution is -2.37. The van der Waals surface area contributed by atoms with E-state index in [1.54, 1.807) is 14.7 Å². The predicted octanol–water partition coefficient (Wildman–Crippen LogP) is 1.54. The fourth-order valence-electron chi connectivity index (χ4n) is 2.80. The topological polar surface area (TPSA) is 62.8 Å². The van der Waals surface area contributed by atoms with Gasteiger partial charge in [0.1, 0.15) is 6.61 Å². The molecular formula is C17H27BN3O3. The maximum Gasteiger partial charge on any atom is 0.407 e. The van der Waals surface area contributed by atoms with E-state index in [4.69, 9.17) is 9.39 Å². The van der Waals surface area contributed by atoms with E-state index in [0.29, 0.717) is 19.2 Å². The highest BCUT2D eigenvalue weighted by Crippen LogP contribution is 2.10. The van der Waals surface area contributed by atoms with Crippen molar-refractivity contribution in [2.24, 2.45) is 0 Å². The molecule has 1 aromatic rings. The Morgan fingerprint density at radius 1 is 1.29 bits per heavy atom. The van der Waals surface area contributed by atoms with Gasteiger partial charge in [0.05, 0.1) is 0 Å². The highest BCUT2D eigenvalue weighted by atomic mass is 16.5. The molecule has 1 aliphatic rings. The molecule has 0 spiro atoms. The maximum absolute atomic E-state index is 11.7. The van der Waals surface area contributed by atoms with Crippen molar-refractivity contribution in [1.82, 2.24) is 15.4 Å². The van der Waals surface area contributed by atoms with Crippen LogP contribution in [0.15, 0.2) is 30.3 Å². The summed E-state index contributed by atoms with van der Waals surface area (Å²) in [4.78, 5) is 14.1. The number of nitrogens with zero attached hydrogens (tertiary/aromatic N) is 1. The van der Waals surface area contributed by atoms with Gasteiger partial charge >= 0.3 is 13.7 Å². The zero-order valence-electron chi connectivity index (χ0n) is 14.4. The molecule has 0 saturated carbocycles. The number of hydrogen-bond acceptors (Lipinski definition) is 5. The Bertz CT molecular complexity index is 475. The highest BCUT2D eigenvalue weighted by Gasteiger charge is 2.16. The standard InChI is InChI=1S/C17H27BN3O3/c1-23-18-20-16-8-5-11-21(12-9-16)13-10-19-17(22)24-14-15-6-3-2-4-7-15/h2-4,6-7,16,20H,5,8-14H2,1H3,(H,19,22)/t16-/m0/s1. The second-order valence-corrected chi connectivity index (χ2v) is 5.98. The second-order valence-electron chi connectivity index (χ2n) is 5.98. The smallest absolute Gasteiger partial charge is 0.407 e. The second kappa shape index (κ2) is 11.1. The minimum absolute atomic E-state index is 0.305. The molecule has 24 heavy (non-hydrogen) atoms. The van der Waals surface area contributed by atoms with E-state index in [9.17, 15) is 4.79 Å². The molecule has 1 amide bonds. The average molecular weight is 332 g/mol. The first-order valence-electron chi connectivity index (χ1n) is 8.55. The van der Waals surface area contributed by atoms with Crippen molar-refractivity contribution < 1.29 is 14.2 Å². The van der Waals surface area contributed by atoms with E-state index in [2.05, 4.69) is 15.4 Å². The summed E-state index contributed by atoms with van der Waals surface area (Å²) in [5, 5.41) is 6.10. The predicted molar refractivity (Wildman–Crippen MR) is 94.6 cm³/mol. The number of carbonyl (C=O) groups is 1. The minimum atomic E-state index is -0.358. The summed E-state index contributed by atoms with van der Waals surface area (Å²) in [6.07, 6.45) is 3.01. The lowest BCUT2D eigenvalue weighted by atomic mass is 10.1. The molecule has 0 unspecified atom stereocenters. The summed E-state index contributed by atoms with van der Waals surface area (Å²) in [7, 11) is 3.31. The molecule has 0 aliphatic carbocycles. The zero-order valence-corrected chi connectivity index (χ0v) is 14.4. The third kappa shape index (κ3) is 7.34. The molecule has 1 atom stereocenters. The number of hydrogen-bond donors (Lipinski definition) is 2. The SMILES string of the molecule is CO[B]N[C@H]1CCCN(CCNC(=O)OCc2ccccc2)CC1. The molecule has 2 rings (SSSR count). The summed E-state index contributed by atoms with van der Waals surface area (Å²) in [6.45, 7) is 3.85. The van der Waals surface area contributed by atoms with E-state index < -0.39 is 0 Å². The summed E-state index contributed by atoms with van der Waals surface area (Å²) in [5.41, 5.74) is 0.992. The van der Waals surface area contributed by atoms with Crippen LogP contribution in [-0.2, 0) is 16.0 Å². The van der Waals surface area contributed by atoms with Gasteiger partial charge in [0.2, 0.25) is 0 Å². The van der Waals surface area contributed by atoms with Crippen LogP contribution in [0.2, 0.25) is 0 Å². The van der Waals surface area contributed by atoms with Crippen LogP contribution in [0.3, 0.4) is 0 Å². The fraction of sp³-hybridized carbons (Fsp3) is 0.588. The van der Waals surface area contributed by atoms with E-state index >= 15 is 0 Å². The van der Waals surface area contributed by atoms with Gasteiger partial charge in [-0.3, -0.25) is 0 Å². The Kier molecular flexibility index (Phi) is 8.66. The van der Waals surface area contributed by atoms with Gasteiger partial charge in [0, 0.05) is 20.2 Å². The van der Waals surface area contributed by atoms with Gasteiger partial charge in [-0.15, -0.1) is 0 Å². The first kappa shape index (κ1) is 18.8. The Morgan fingerprint density at radius 2 is 2.12 bits per heavy atom. The monoisotopic (exact) mass is 332 g/mol. The zero-order chi connectivity index (χ0) is 17.0. The number of alkyl carbamates (subject to hydrolysis) is 1. The summed E-state index contributed by atoms with van der Waals surface area (Å²) < 4.78 is 10.2.